The number of allylic oxidation sites excluding steroid dienone is 1. The fourth-order valence-corrected chi connectivity index (χ4v) is 1.80. The van der Waals surface area contributed by atoms with Gasteiger partial charge in [-0.25, -0.2) is 0 Å². The summed E-state index contributed by atoms with van der Waals surface area (Å²) in [4.78, 5) is 10.8. The lowest BCUT2D eigenvalue weighted by Crippen LogP contribution is -2.00. The van der Waals surface area contributed by atoms with E-state index in [0.29, 0.717) is 6.54 Å². The van der Waals surface area contributed by atoms with Gasteiger partial charge in [0.2, 0.25) is 0 Å². The van der Waals surface area contributed by atoms with Gasteiger partial charge >= 0.3 is 5.97 Å². The Kier molecular flexibility index (Phi) is 6.61. The van der Waals surface area contributed by atoms with Crippen molar-refractivity contribution in [3.63, 3.8) is 0 Å². The van der Waals surface area contributed by atoms with Gasteiger partial charge in [-0.3, -0.25) is 4.79 Å². The SMILES string of the molecule is CCC/C=C/c1cc(/C=C/CN)cc(CC(=O)O)c1. The predicted molar refractivity (Wildman–Crippen MR) is 79.8 cm³/mol. The third-order valence-corrected chi connectivity index (χ3v) is 2.60. The molecule has 19 heavy (non-hydrogen) atoms. The summed E-state index contributed by atoms with van der Waals surface area (Å²) in [7, 11) is 0. The van der Waals surface area contributed by atoms with Crippen molar-refractivity contribution < 1.29 is 9.90 Å². The molecule has 102 valence electrons. The molecule has 1 aromatic rings. The van der Waals surface area contributed by atoms with Crippen LogP contribution in [0.1, 0.15) is 36.5 Å². The number of hydrogen-bond donors (Lipinski definition) is 2. The quantitative estimate of drug-likeness (QED) is 0.791. The van der Waals surface area contributed by atoms with Crippen molar-refractivity contribution in [1.29, 1.82) is 0 Å². The Morgan fingerprint density at radius 3 is 2.37 bits per heavy atom. The van der Waals surface area contributed by atoms with Crippen LogP contribution in [0, 0.1) is 0 Å². The van der Waals surface area contributed by atoms with E-state index in [-0.39, 0.29) is 6.42 Å². The molecule has 0 heterocycles. The highest BCUT2D eigenvalue weighted by Crippen LogP contribution is 2.15. The Bertz CT molecular complexity index is 476. The first-order chi connectivity index (χ1) is 9.15. The molecule has 3 nitrogen and oxygen atoms in total. The summed E-state index contributed by atoms with van der Waals surface area (Å²) >= 11 is 0. The lowest BCUT2D eigenvalue weighted by Gasteiger charge is -2.03. The molecule has 0 aromatic heterocycles. The van der Waals surface area contributed by atoms with Crippen LogP contribution in [-0.4, -0.2) is 17.6 Å². The average Bonchev–Trinajstić information content (AvgIpc) is 2.36. The fourth-order valence-electron chi connectivity index (χ4n) is 1.80. The maximum atomic E-state index is 10.8. The summed E-state index contributed by atoms with van der Waals surface area (Å²) in [6.07, 6.45) is 10.1. The van der Waals surface area contributed by atoms with E-state index in [0.717, 1.165) is 29.5 Å². The van der Waals surface area contributed by atoms with Crippen LogP contribution in [-0.2, 0) is 11.2 Å². The van der Waals surface area contributed by atoms with E-state index >= 15 is 0 Å². The standard InChI is InChI=1S/C16H21NO2/c1-2-3-4-6-13-9-14(7-5-8-17)11-15(10-13)12-16(18)19/h4-7,9-11H,2-3,8,12,17H2,1H3,(H,18,19)/b6-4+,7-5+. The van der Waals surface area contributed by atoms with E-state index < -0.39 is 5.97 Å². The third kappa shape index (κ3) is 6.02. The van der Waals surface area contributed by atoms with Gasteiger partial charge in [0.15, 0.2) is 0 Å². The monoisotopic (exact) mass is 259 g/mol. The van der Waals surface area contributed by atoms with Crippen molar-refractivity contribution in [2.45, 2.75) is 26.2 Å². The van der Waals surface area contributed by atoms with Gasteiger partial charge < -0.3 is 10.8 Å². The molecule has 0 radical (unpaired) electrons. The van der Waals surface area contributed by atoms with Crippen LogP contribution in [0.2, 0.25) is 0 Å². The van der Waals surface area contributed by atoms with E-state index in [1.807, 2.05) is 36.4 Å². The zero-order chi connectivity index (χ0) is 14.1. The van der Waals surface area contributed by atoms with E-state index in [9.17, 15) is 4.79 Å². The van der Waals surface area contributed by atoms with E-state index in [1.165, 1.54) is 0 Å². The number of rotatable bonds is 7. The number of hydrogen-bond acceptors (Lipinski definition) is 2. The molecule has 1 aromatic carbocycles. The van der Waals surface area contributed by atoms with Gasteiger partial charge in [-0.1, -0.05) is 49.8 Å². The highest BCUT2D eigenvalue weighted by molar-refractivity contribution is 5.71. The second kappa shape index (κ2) is 8.27. The molecule has 0 aliphatic heterocycles. The molecule has 0 atom stereocenters. The fraction of sp³-hybridized carbons (Fsp3) is 0.312. The summed E-state index contributed by atoms with van der Waals surface area (Å²) < 4.78 is 0. The number of carboxylic acids is 1. The van der Waals surface area contributed by atoms with Gasteiger partial charge in [-0.05, 0) is 29.2 Å². The average molecular weight is 259 g/mol. The van der Waals surface area contributed by atoms with E-state index in [1.54, 1.807) is 0 Å². The van der Waals surface area contributed by atoms with Gasteiger partial charge in [0, 0.05) is 6.54 Å². The summed E-state index contributed by atoms with van der Waals surface area (Å²) in [6.45, 7) is 2.60. The Balaban J connectivity index is 3.01. The minimum atomic E-state index is -0.816. The van der Waals surface area contributed by atoms with Crippen molar-refractivity contribution in [1.82, 2.24) is 0 Å². The van der Waals surface area contributed by atoms with Crippen LogP contribution in [0.5, 0.6) is 0 Å². The Morgan fingerprint density at radius 1 is 1.21 bits per heavy atom. The molecule has 3 heteroatoms. The number of unbranched alkanes of at least 4 members (excludes halogenated alkanes) is 1. The molecule has 1 rings (SSSR count). The first-order valence-corrected chi connectivity index (χ1v) is 6.54. The number of aliphatic carboxylic acids is 1. The van der Waals surface area contributed by atoms with Gasteiger partial charge in [-0.15, -0.1) is 0 Å². The summed E-state index contributed by atoms with van der Waals surface area (Å²) in [5.74, 6) is -0.816. The minimum absolute atomic E-state index is 0.0406. The van der Waals surface area contributed by atoms with E-state index in [4.69, 9.17) is 10.8 Å². The lowest BCUT2D eigenvalue weighted by molar-refractivity contribution is -0.136. The highest BCUT2D eigenvalue weighted by atomic mass is 16.4. The number of carboxylic acid groups (broad SMARTS) is 1. The van der Waals surface area contributed by atoms with Gasteiger partial charge in [-0.2, -0.15) is 0 Å². The third-order valence-electron chi connectivity index (χ3n) is 2.60. The van der Waals surface area contributed by atoms with Crippen molar-refractivity contribution >= 4 is 18.1 Å². The molecule has 3 N–H and O–H groups in total. The molecule has 0 unspecified atom stereocenters. The normalized spacial score (nSPS) is 11.5. The molecule has 0 bridgehead atoms. The minimum Gasteiger partial charge on any atom is -0.481 e. The van der Waals surface area contributed by atoms with Gasteiger partial charge in [0.25, 0.3) is 0 Å². The van der Waals surface area contributed by atoms with Gasteiger partial charge in [0.1, 0.15) is 0 Å². The van der Waals surface area contributed by atoms with Crippen LogP contribution in [0.25, 0.3) is 12.2 Å². The van der Waals surface area contributed by atoms with Crippen molar-refractivity contribution in [2.24, 2.45) is 5.73 Å². The zero-order valence-corrected chi connectivity index (χ0v) is 11.3. The number of carbonyl (C=O) groups is 1. The summed E-state index contributed by atoms with van der Waals surface area (Å²) in [6, 6.07) is 5.83. The Hall–Kier alpha value is -1.87. The number of benzene rings is 1. The highest BCUT2D eigenvalue weighted by Gasteiger charge is 2.02. The predicted octanol–water partition coefficient (Wildman–Crippen LogP) is 3.10. The summed E-state index contributed by atoms with van der Waals surface area (Å²) in [5, 5.41) is 8.88. The lowest BCUT2D eigenvalue weighted by atomic mass is 10.0. The molecule has 0 amide bonds. The zero-order valence-electron chi connectivity index (χ0n) is 11.3. The second-order valence-electron chi connectivity index (χ2n) is 4.41. The van der Waals surface area contributed by atoms with Crippen molar-refractivity contribution in [3.05, 3.63) is 47.0 Å². The number of nitrogens with two attached hydrogens (primary N) is 1. The molecule has 0 aliphatic rings. The molecule has 0 aliphatic carbocycles. The Morgan fingerprint density at radius 2 is 1.84 bits per heavy atom. The van der Waals surface area contributed by atoms with Crippen LogP contribution in [0.15, 0.2) is 30.4 Å². The smallest absolute Gasteiger partial charge is 0.307 e. The Labute approximate surface area is 114 Å². The molecule has 0 saturated heterocycles. The first-order valence-electron chi connectivity index (χ1n) is 6.54. The molecule has 0 fully saturated rings. The van der Waals surface area contributed by atoms with Crippen molar-refractivity contribution in [2.75, 3.05) is 6.54 Å². The van der Waals surface area contributed by atoms with Crippen LogP contribution >= 0.6 is 0 Å². The largest absolute Gasteiger partial charge is 0.481 e. The molecular weight excluding hydrogens is 238 g/mol. The molecular formula is C16H21NO2. The van der Waals surface area contributed by atoms with Crippen LogP contribution < -0.4 is 5.73 Å². The topological polar surface area (TPSA) is 63.3 Å². The molecule has 0 saturated carbocycles. The van der Waals surface area contributed by atoms with Crippen LogP contribution in [0.4, 0.5) is 0 Å². The van der Waals surface area contributed by atoms with Gasteiger partial charge in [0.05, 0.1) is 6.42 Å². The van der Waals surface area contributed by atoms with E-state index in [2.05, 4.69) is 13.0 Å². The maximum Gasteiger partial charge on any atom is 0.307 e. The van der Waals surface area contributed by atoms with Crippen LogP contribution in [0.3, 0.4) is 0 Å². The molecule has 0 spiro atoms. The second-order valence-corrected chi connectivity index (χ2v) is 4.41. The maximum absolute atomic E-state index is 10.8. The first kappa shape index (κ1) is 15.2. The van der Waals surface area contributed by atoms with Crippen molar-refractivity contribution in [3.8, 4) is 0 Å². The summed E-state index contributed by atoms with van der Waals surface area (Å²) in [5.41, 5.74) is 8.26.